The Bertz CT molecular complexity index is 488. The summed E-state index contributed by atoms with van der Waals surface area (Å²) in [6, 6.07) is 5.87. The summed E-state index contributed by atoms with van der Waals surface area (Å²) in [6.45, 7) is 0.941. The number of aliphatic hydroxyl groups is 1. The van der Waals surface area contributed by atoms with Crippen molar-refractivity contribution in [3.8, 4) is 11.8 Å². The molecule has 2 N–H and O–H groups in total. The summed E-state index contributed by atoms with van der Waals surface area (Å²) in [7, 11) is 0. The van der Waals surface area contributed by atoms with E-state index in [4.69, 9.17) is 0 Å². The van der Waals surface area contributed by atoms with Crippen LogP contribution >= 0.6 is 0 Å². The average Bonchev–Trinajstić information content (AvgIpc) is 2.33. The van der Waals surface area contributed by atoms with Crippen molar-refractivity contribution in [2.24, 2.45) is 0 Å². The van der Waals surface area contributed by atoms with Gasteiger partial charge in [0.05, 0.1) is 0 Å². The van der Waals surface area contributed by atoms with Gasteiger partial charge < -0.3 is 10.4 Å². The van der Waals surface area contributed by atoms with Crippen LogP contribution in [0.2, 0.25) is 0 Å². The summed E-state index contributed by atoms with van der Waals surface area (Å²) in [6.07, 6.45) is -6.79. The van der Waals surface area contributed by atoms with Crippen molar-refractivity contribution in [2.45, 2.75) is 25.2 Å². The van der Waals surface area contributed by atoms with E-state index in [1.165, 1.54) is 0 Å². The molecule has 0 aliphatic rings. The monoisotopic (exact) mass is 271 g/mol. The predicted octanol–water partition coefficient (Wildman–Crippen LogP) is 1.47. The van der Waals surface area contributed by atoms with Crippen LogP contribution in [0.15, 0.2) is 30.3 Å². The van der Waals surface area contributed by atoms with Crippen LogP contribution in [0.3, 0.4) is 0 Å². The highest BCUT2D eigenvalue weighted by molar-refractivity contribution is 5.73. The Morgan fingerprint density at radius 1 is 1.32 bits per heavy atom. The lowest BCUT2D eigenvalue weighted by molar-refractivity contribution is -0.174. The Hall–Kier alpha value is -2.00. The van der Waals surface area contributed by atoms with Crippen LogP contribution in [-0.2, 0) is 4.79 Å². The van der Waals surface area contributed by atoms with Gasteiger partial charge in [0.2, 0.25) is 5.91 Å². The highest BCUT2D eigenvalue weighted by Gasteiger charge is 2.44. The van der Waals surface area contributed by atoms with Crippen LogP contribution in [0.25, 0.3) is 0 Å². The minimum Gasteiger partial charge on any atom is -0.378 e. The summed E-state index contributed by atoms with van der Waals surface area (Å²) in [5, 5.41) is 11.1. The van der Waals surface area contributed by atoms with Crippen molar-refractivity contribution in [1.29, 1.82) is 0 Å². The van der Waals surface area contributed by atoms with E-state index in [9.17, 15) is 23.1 Å². The van der Waals surface area contributed by atoms with Gasteiger partial charge in [-0.2, -0.15) is 13.2 Å². The van der Waals surface area contributed by atoms with Gasteiger partial charge in [0, 0.05) is 12.5 Å². The van der Waals surface area contributed by atoms with Gasteiger partial charge >= 0.3 is 6.18 Å². The summed E-state index contributed by atoms with van der Waals surface area (Å²) >= 11 is 0. The number of carbonyl (C=O) groups is 1. The van der Waals surface area contributed by atoms with E-state index in [0.29, 0.717) is 5.56 Å². The smallest absolute Gasteiger partial charge is 0.378 e. The number of rotatable bonds is 2. The van der Waals surface area contributed by atoms with Crippen molar-refractivity contribution in [2.75, 3.05) is 0 Å². The van der Waals surface area contributed by atoms with E-state index in [1.807, 2.05) is 0 Å². The second kappa shape index (κ2) is 6.25. The van der Waals surface area contributed by atoms with Crippen LogP contribution in [0.4, 0.5) is 13.2 Å². The zero-order valence-electron chi connectivity index (χ0n) is 10.0. The second-order valence-corrected chi connectivity index (χ2v) is 3.80. The van der Waals surface area contributed by atoms with Gasteiger partial charge in [0.1, 0.15) is 6.10 Å². The standard InChI is InChI=1S/C13H12F3NO2/c1-9(18)17-12(13(14,15)16)11(19)8-7-10-5-3-2-4-6-10/h2-6,11-12,19H,1H3,(H,17,18). The van der Waals surface area contributed by atoms with Gasteiger partial charge in [-0.3, -0.25) is 4.79 Å². The van der Waals surface area contributed by atoms with Gasteiger partial charge in [-0.25, -0.2) is 0 Å². The molecule has 0 aliphatic carbocycles. The molecule has 3 nitrogen and oxygen atoms in total. The first-order chi connectivity index (χ1) is 8.80. The number of nitrogens with one attached hydrogen (secondary N) is 1. The molecule has 0 spiro atoms. The molecule has 0 heterocycles. The van der Waals surface area contributed by atoms with Crippen LogP contribution in [-0.4, -0.2) is 29.3 Å². The molecule has 0 aliphatic heterocycles. The van der Waals surface area contributed by atoms with Crippen molar-refractivity contribution in [3.63, 3.8) is 0 Å². The average molecular weight is 271 g/mol. The van der Waals surface area contributed by atoms with Gasteiger partial charge in [0.15, 0.2) is 6.04 Å². The van der Waals surface area contributed by atoms with Crippen molar-refractivity contribution in [1.82, 2.24) is 5.32 Å². The minimum absolute atomic E-state index is 0.477. The normalized spacial score (nSPS) is 13.9. The number of amides is 1. The number of aliphatic hydroxyl groups excluding tert-OH is 1. The van der Waals surface area contributed by atoms with Crippen molar-refractivity contribution < 1.29 is 23.1 Å². The molecule has 0 saturated carbocycles. The first-order valence-corrected chi connectivity index (χ1v) is 5.39. The van der Waals surface area contributed by atoms with E-state index in [0.717, 1.165) is 6.92 Å². The molecule has 0 bridgehead atoms. The Morgan fingerprint density at radius 2 is 1.89 bits per heavy atom. The van der Waals surface area contributed by atoms with Gasteiger partial charge in [-0.1, -0.05) is 30.0 Å². The van der Waals surface area contributed by atoms with Crippen LogP contribution in [0.1, 0.15) is 12.5 Å². The van der Waals surface area contributed by atoms with E-state index >= 15 is 0 Å². The Balaban J connectivity index is 2.87. The van der Waals surface area contributed by atoms with Crippen molar-refractivity contribution >= 4 is 5.91 Å². The van der Waals surface area contributed by atoms with Crippen LogP contribution in [0.5, 0.6) is 0 Å². The van der Waals surface area contributed by atoms with Gasteiger partial charge in [-0.05, 0) is 12.1 Å². The van der Waals surface area contributed by atoms with E-state index < -0.39 is 24.2 Å². The summed E-state index contributed by atoms with van der Waals surface area (Å²) in [4.78, 5) is 10.7. The van der Waals surface area contributed by atoms with Gasteiger partial charge in [0.25, 0.3) is 0 Å². The zero-order valence-corrected chi connectivity index (χ0v) is 10.0. The molecule has 2 unspecified atom stereocenters. The van der Waals surface area contributed by atoms with Crippen LogP contribution in [0, 0.1) is 11.8 Å². The predicted molar refractivity (Wildman–Crippen MR) is 63.0 cm³/mol. The molecule has 6 heteroatoms. The first kappa shape index (κ1) is 15.1. The molecular formula is C13H12F3NO2. The molecule has 0 saturated heterocycles. The SMILES string of the molecule is CC(=O)NC(C(O)C#Cc1ccccc1)C(F)(F)F. The maximum atomic E-state index is 12.6. The quantitative estimate of drug-likeness (QED) is 0.800. The Labute approximate surface area is 108 Å². The molecule has 0 radical (unpaired) electrons. The lowest BCUT2D eigenvalue weighted by Crippen LogP contribution is -2.51. The summed E-state index contributed by atoms with van der Waals surface area (Å²) < 4.78 is 37.8. The number of benzene rings is 1. The van der Waals surface area contributed by atoms with E-state index in [1.54, 1.807) is 35.6 Å². The molecule has 1 rings (SSSR count). The fraction of sp³-hybridized carbons (Fsp3) is 0.308. The van der Waals surface area contributed by atoms with Gasteiger partial charge in [-0.15, -0.1) is 0 Å². The molecule has 2 atom stereocenters. The van der Waals surface area contributed by atoms with Crippen molar-refractivity contribution in [3.05, 3.63) is 35.9 Å². The van der Waals surface area contributed by atoms with Crippen LogP contribution < -0.4 is 5.32 Å². The number of hydrogen-bond acceptors (Lipinski definition) is 2. The zero-order chi connectivity index (χ0) is 14.5. The third-order valence-corrected chi connectivity index (χ3v) is 2.17. The summed E-state index contributed by atoms with van der Waals surface area (Å²) in [5.74, 6) is 3.61. The number of carbonyl (C=O) groups excluding carboxylic acids is 1. The molecule has 1 aromatic rings. The molecule has 0 aromatic heterocycles. The Kier molecular flexibility index (Phi) is 4.95. The number of hydrogen-bond donors (Lipinski definition) is 2. The second-order valence-electron chi connectivity index (χ2n) is 3.80. The summed E-state index contributed by atoms with van der Waals surface area (Å²) in [5.41, 5.74) is 0.477. The lowest BCUT2D eigenvalue weighted by atomic mass is 10.1. The van der Waals surface area contributed by atoms with E-state index in [-0.39, 0.29) is 0 Å². The third-order valence-electron chi connectivity index (χ3n) is 2.17. The molecule has 1 amide bonds. The Morgan fingerprint density at radius 3 is 2.37 bits per heavy atom. The molecule has 102 valence electrons. The maximum absolute atomic E-state index is 12.6. The molecule has 1 aromatic carbocycles. The minimum atomic E-state index is -4.77. The number of alkyl halides is 3. The first-order valence-electron chi connectivity index (χ1n) is 5.39. The maximum Gasteiger partial charge on any atom is 0.412 e. The highest BCUT2D eigenvalue weighted by atomic mass is 19.4. The largest absolute Gasteiger partial charge is 0.412 e. The topological polar surface area (TPSA) is 49.3 Å². The fourth-order valence-electron chi connectivity index (χ4n) is 1.32. The fourth-order valence-corrected chi connectivity index (χ4v) is 1.32. The molecule has 0 fully saturated rings. The highest BCUT2D eigenvalue weighted by Crippen LogP contribution is 2.22. The third kappa shape index (κ3) is 5.02. The van der Waals surface area contributed by atoms with E-state index in [2.05, 4.69) is 11.8 Å². The molecular weight excluding hydrogens is 259 g/mol. The molecule has 19 heavy (non-hydrogen) atoms. The number of halogens is 3. The lowest BCUT2D eigenvalue weighted by Gasteiger charge is -2.22.